The van der Waals surface area contributed by atoms with Gasteiger partial charge in [0.15, 0.2) is 0 Å². The predicted octanol–water partition coefficient (Wildman–Crippen LogP) is 3.95. The van der Waals surface area contributed by atoms with Crippen LogP contribution < -0.4 is 15.5 Å². The van der Waals surface area contributed by atoms with Crippen molar-refractivity contribution in [3.8, 4) is 0 Å². The number of hydrogen-bond donors (Lipinski definition) is 3. The zero-order valence-electron chi connectivity index (χ0n) is 18.7. The van der Waals surface area contributed by atoms with Crippen LogP contribution >= 0.6 is 0 Å². The largest absolute Gasteiger partial charge is 0.478 e. The lowest BCUT2D eigenvalue weighted by molar-refractivity contribution is 0.0696. The number of nitrogens with zero attached hydrogens (tertiary/aromatic N) is 2. The Kier molecular flexibility index (Phi) is 5.43. The van der Waals surface area contributed by atoms with Crippen LogP contribution in [0.3, 0.4) is 0 Å². The molecule has 1 aliphatic heterocycles. The van der Waals surface area contributed by atoms with E-state index in [1.807, 2.05) is 13.0 Å². The highest BCUT2D eigenvalue weighted by molar-refractivity contribution is 6.00. The molecule has 7 nitrogen and oxygen atoms in total. The summed E-state index contributed by atoms with van der Waals surface area (Å²) in [4.78, 5) is 31.1. The fraction of sp³-hybridized carbons (Fsp3) is 0.269. The lowest BCUT2D eigenvalue weighted by Crippen LogP contribution is -2.55. The second-order valence-electron chi connectivity index (χ2n) is 9.06. The van der Waals surface area contributed by atoms with Crippen LogP contribution in [-0.2, 0) is 5.54 Å². The number of carbonyl (C=O) groups is 2. The molecule has 5 rings (SSSR count). The Morgan fingerprint density at radius 1 is 1.09 bits per heavy atom. The Hall–Kier alpha value is -3.94. The molecule has 0 unspecified atom stereocenters. The molecule has 2 fully saturated rings. The minimum Gasteiger partial charge on any atom is -0.478 e. The normalized spacial score (nSPS) is 16.5. The molecule has 1 aliphatic carbocycles. The number of pyridine rings is 1. The third kappa shape index (κ3) is 4.31. The van der Waals surface area contributed by atoms with Gasteiger partial charge in [0.1, 0.15) is 11.6 Å². The number of rotatable bonds is 7. The third-order valence-electron chi connectivity index (χ3n) is 6.43. The van der Waals surface area contributed by atoms with Crippen LogP contribution in [0.2, 0.25) is 0 Å². The number of aromatic carboxylic acids is 1. The second-order valence-corrected chi connectivity index (χ2v) is 9.06. The van der Waals surface area contributed by atoms with Gasteiger partial charge in [-0.3, -0.25) is 4.79 Å². The number of hydrogen-bond acceptors (Lipinski definition) is 5. The van der Waals surface area contributed by atoms with Crippen molar-refractivity contribution in [2.24, 2.45) is 0 Å². The highest BCUT2D eigenvalue weighted by Gasteiger charge is 2.46. The number of carbonyl (C=O) groups excluding carboxylic acids is 1. The van der Waals surface area contributed by atoms with Crippen LogP contribution in [0.4, 0.5) is 15.9 Å². The number of benzene rings is 2. The molecule has 2 aliphatic rings. The summed E-state index contributed by atoms with van der Waals surface area (Å²) in [5.41, 5.74) is 2.92. The average molecular weight is 461 g/mol. The van der Waals surface area contributed by atoms with Crippen molar-refractivity contribution in [2.75, 3.05) is 23.3 Å². The van der Waals surface area contributed by atoms with Crippen LogP contribution in [0.25, 0.3) is 0 Å². The van der Waals surface area contributed by atoms with Gasteiger partial charge in [-0.15, -0.1) is 0 Å². The number of nitrogens with one attached hydrogen (secondary N) is 2. The number of anilines is 2. The highest BCUT2D eigenvalue weighted by Crippen LogP contribution is 2.46. The summed E-state index contributed by atoms with van der Waals surface area (Å²) < 4.78 is 13.1. The standard InChI is InChI=1S/C26H25FN4O3/c1-16-12-22(24(32)30-26(10-11-26)18-4-2-17(3-5-18)25(33)34)23(28-13-16)31-14-21(15-31)29-20-8-6-19(27)7-9-20/h2-9,12-13,21,29H,10-11,14-15H2,1H3,(H,30,32)(H,33,34). The van der Waals surface area contributed by atoms with E-state index in [0.717, 1.165) is 29.7 Å². The zero-order valence-corrected chi connectivity index (χ0v) is 18.7. The molecule has 0 bridgehead atoms. The quantitative estimate of drug-likeness (QED) is 0.494. The summed E-state index contributed by atoms with van der Waals surface area (Å²) in [6.07, 6.45) is 3.35. The topological polar surface area (TPSA) is 94.6 Å². The highest BCUT2D eigenvalue weighted by atomic mass is 19.1. The van der Waals surface area contributed by atoms with Crippen molar-refractivity contribution >= 4 is 23.4 Å². The maximum absolute atomic E-state index is 13.3. The maximum atomic E-state index is 13.3. The van der Waals surface area contributed by atoms with Crippen molar-refractivity contribution < 1.29 is 19.1 Å². The van der Waals surface area contributed by atoms with E-state index in [1.165, 1.54) is 12.1 Å². The first-order valence-corrected chi connectivity index (χ1v) is 11.2. The van der Waals surface area contributed by atoms with Crippen LogP contribution in [0.1, 0.15) is 44.7 Å². The molecule has 1 saturated carbocycles. The van der Waals surface area contributed by atoms with Crippen molar-refractivity contribution in [1.29, 1.82) is 0 Å². The summed E-state index contributed by atoms with van der Waals surface area (Å²) in [6, 6.07) is 15.0. The van der Waals surface area contributed by atoms with E-state index in [1.54, 1.807) is 42.6 Å². The molecular weight excluding hydrogens is 435 g/mol. The summed E-state index contributed by atoms with van der Waals surface area (Å²) in [5, 5.41) is 15.7. The van der Waals surface area contributed by atoms with E-state index in [4.69, 9.17) is 5.11 Å². The molecule has 2 heterocycles. The predicted molar refractivity (Wildman–Crippen MR) is 127 cm³/mol. The smallest absolute Gasteiger partial charge is 0.335 e. The van der Waals surface area contributed by atoms with Crippen LogP contribution in [0.5, 0.6) is 0 Å². The molecular formula is C26H25FN4O3. The van der Waals surface area contributed by atoms with Crippen molar-refractivity contribution in [1.82, 2.24) is 10.3 Å². The van der Waals surface area contributed by atoms with Gasteiger partial charge < -0.3 is 20.6 Å². The van der Waals surface area contributed by atoms with Gasteiger partial charge >= 0.3 is 5.97 Å². The molecule has 0 radical (unpaired) electrons. The van der Waals surface area contributed by atoms with Crippen LogP contribution in [0.15, 0.2) is 60.8 Å². The fourth-order valence-electron chi connectivity index (χ4n) is 4.33. The molecule has 0 atom stereocenters. The Bertz CT molecular complexity index is 1230. The van der Waals surface area contributed by atoms with E-state index in [0.29, 0.717) is 24.5 Å². The summed E-state index contributed by atoms with van der Waals surface area (Å²) >= 11 is 0. The lowest BCUT2D eigenvalue weighted by Gasteiger charge is -2.41. The summed E-state index contributed by atoms with van der Waals surface area (Å²) in [7, 11) is 0. The van der Waals surface area contributed by atoms with Crippen molar-refractivity contribution in [3.05, 3.63) is 88.9 Å². The van der Waals surface area contributed by atoms with Gasteiger partial charge in [0.25, 0.3) is 5.91 Å². The Labute approximate surface area is 196 Å². The minimum atomic E-state index is -0.974. The molecule has 34 heavy (non-hydrogen) atoms. The number of aryl methyl sites for hydroxylation is 1. The van der Waals surface area contributed by atoms with Crippen LogP contribution in [-0.4, -0.2) is 41.1 Å². The molecule has 3 aromatic rings. The van der Waals surface area contributed by atoms with E-state index < -0.39 is 11.5 Å². The van der Waals surface area contributed by atoms with E-state index in [2.05, 4.69) is 20.5 Å². The van der Waals surface area contributed by atoms with E-state index >= 15 is 0 Å². The number of amides is 1. The fourth-order valence-corrected chi connectivity index (χ4v) is 4.33. The number of aromatic nitrogens is 1. The summed E-state index contributed by atoms with van der Waals surface area (Å²) in [6.45, 7) is 3.26. The Balaban J connectivity index is 1.29. The van der Waals surface area contributed by atoms with E-state index in [-0.39, 0.29) is 23.3 Å². The van der Waals surface area contributed by atoms with Gasteiger partial charge in [0.2, 0.25) is 0 Å². The number of carboxylic acids is 1. The number of carboxylic acid groups (broad SMARTS) is 1. The maximum Gasteiger partial charge on any atom is 0.335 e. The van der Waals surface area contributed by atoms with Gasteiger partial charge in [-0.1, -0.05) is 12.1 Å². The van der Waals surface area contributed by atoms with Gasteiger partial charge in [0.05, 0.1) is 22.7 Å². The SMILES string of the molecule is Cc1cnc(N2CC(Nc3ccc(F)cc3)C2)c(C(=O)NC2(c3ccc(C(=O)O)cc3)CC2)c1. The Morgan fingerprint density at radius 2 is 1.76 bits per heavy atom. The van der Waals surface area contributed by atoms with E-state index in [9.17, 15) is 14.0 Å². The monoisotopic (exact) mass is 460 g/mol. The van der Waals surface area contributed by atoms with Gasteiger partial charge in [0, 0.05) is 25.0 Å². The van der Waals surface area contributed by atoms with Gasteiger partial charge in [-0.25, -0.2) is 14.2 Å². The van der Waals surface area contributed by atoms with Crippen molar-refractivity contribution in [3.63, 3.8) is 0 Å². The molecule has 1 saturated heterocycles. The first kappa shape index (κ1) is 21.9. The average Bonchev–Trinajstić information content (AvgIpc) is 3.58. The third-order valence-corrected chi connectivity index (χ3v) is 6.43. The first-order valence-electron chi connectivity index (χ1n) is 11.2. The minimum absolute atomic E-state index is 0.173. The molecule has 1 amide bonds. The second kappa shape index (κ2) is 8.44. The molecule has 2 aromatic carbocycles. The molecule has 3 N–H and O–H groups in total. The lowest BCUT2D eigenvalue weighted by atomic mass is 10.0. The van der Waals surface area contributed by atoms with Crippen molar-refractivity contribution in [2.45, 2.75) is 31.3 Å². The first-order chi connectivity index (χ1) is 16.3. The summed E-state index contributed by atoms with van der Waals surface area (Å²) in [5.74, 6) is -0.803. The Morgan fingerprint density at radius 3 is 2.38 bits per heavy atom. The molecule has 1 aromatic heterocycles. The van der Waals surface area contributed by atoms with Gasteiger partial charge in [-0.2, -0.15) is 0 Å². The molecule has 174 valence electrons. The zero-order chi connectivity index (χ0) is 23.9. The molecule has 0 spiro atoms. The number of halogens is 1. The molecule has 8 heteroatoms. The van der Waals surface area contributed by atoms with Crippen LogP contribution in [0, 0.1) is 12.7 Å². The van der Waals surface area contributed by atoms with Gasteiger partial charge in [-0.05, 0) is 73.4 Å².